The second kappa shape index (κ2) is 5.78. The molecule has 1 aliphatic carbocycles. The molecule has 6 rings (SSSR count). The highest BCUT2D eigenvalue weighted by Crippen LogP contribution is 2.48. The van der Waals surface area contributed by atoms with Gasteiger partial charge in [0, 0.05) is 28.7 Å². The van der Waals surface area contributed by atoms with Crippen molar-refractivity contribution in [1.82, 2.24) is 0 Å². The quantitative estimate of drug-likeness (QED) is 0.469. The van der Waals surface area contributed by atoms with Gasteiger partial charge in [0.2, 0.25) is 0 Å². The van der Waals surface area contributed by atoms with Crippen molar-refractivity contribution >= 4 is 28.0 Å². The molecule has 3 aromatic carbocycles. The first-order chi connectivity index (χ1) is 14.4. The van der Waals surface area contributed by atoms with Crippen LogP contribution < -0.4 is 5.32 Å². The standard InChI is InChI=1S/C25H21NO4/c1-12-3-5-14-13(9-12)4-6-16-20(14)23(28)17-8-7-15-18-10-25(2,19(27)11-30-18)26-22(15)21(17)24(16)29/h3-9,18-19,26-27H,10-11H2,1-2H3. The van der Waals surface area contributed by atoms with Crippen LogP contribution in [0.25, 0.3) is 10.8 Å². The van der Waals surface area contributed by atoms with Gasteiger partial charge in [0.15, 0.2) is 11.6 Å². The number of carbonyl (C=O) groups excluding carboxylic acids is 2. The van der Waals surface area contributed by atoms with Gasteiger partial charge in [0.25, 0.3) is 0 Å². The first kappa shape index (κ1) is 17.8. The Bertz CT molecular complexity index is 1290. The SMILES string of the molecule is Cc1ccc2c3c(ccc2c1)C(=O)c1c(ccc2c1NC1(C)CC2OCC1O)C3=O. The summed E-state index contributed by atoms with van der Waals surface area (Å²) in [6.45, 7) is 4.19. The molecule has 1 fully saturated rings. The minimum Gasteiger partial charge on any atom is -0.388 e. The Balaban J connectivity index is 1.60. The summed E-state index contributed by atoms with van der Waals surface area (Å²) in [5.74, 6) is -0.300. The number of aliphatic hydroxyl groups is 1. The molecule has 0 amide bonds. The van der Waals surface area contributed by atoms with Crippen LogP contribution in [0.5, 0.6) is 0 Å². The lowest BCUT2D eigenvalue weighted by Gasteiger charge is -2.48. The van der Waals surface area contributed by atoms with Crippen LogP contribution in [0.4, 0.5) is 5.69 Å². The summed E-state index contributed by atoms with van der Waals surface area (Å²) in [5, 5.41) is 15.6. The maximum Gasteiger partial charge on any atom is 0.196 e. The lowest BCUT2D eigenvalue weighted by molar-refractivity contribution is -0.0939. The van der Waals surface area contributed by atoms with E-state index in [2.05, 4.69) is 5.32 Å². The molecule has 2 N–H and O–H groups in total. The van der Waals surface area contributed by atoms with E-state index in [0.29, 0.717) is 34.4 Å². The number of nitrogens with one attached hydrogen (secondary N) is 1. The van der Waals surface area contributed by atoms with Gasteiger partial charge in [0.05, 0.1) is 29.5 Å². The molecule has 0 spiro atoms. The van der Waals surface area contributed by atoms with Crippen LogP contribution in [0.1, 0.15) is 62.4 Å². The normalized spacial score (nSPS) is 26.6. The second-order valence-corrected chi connectivity index (χ2v) is 8.91. The molecular weight excluding hydrogens is 378 g/mol. The highest BCUT2D eigenvalue weighted by atomic mass is 16.5. The number of hydrogen-bond acceptors (Lipinski definition) is 5. The molecule has 1 saturated heterocycles. The van der Waals surface area contributed by atoms with E-state index < -0.39 is 11.6 Å². The number of ketones is 2. The van der Waals surface area contributed by atoms with Crippen molar-refractivity contribution in [3.8, 4) is 0 Å². The molecule has 2 aliphatic heterocycles. The average Bonchev–Trinajstić information content (AvgIpc) is 2.73. The number of ether oxygens (including phenoxy) is 1. The molecule has 0 radical (unpaired) electrons. The number of aryl methyl sites for hydroxylation is 1. The molecule has 0 saturated carbocycles. The molecule has 2 heterocycles. The predicted molar refractivity (Wildman–Crippen MR) is 113 cm³/mol. The Labute approximate surface area is 173 Å². The fourth-order valence-electron chi connectivity index (χ4n) is 5.19. The molecular formula is C25H21NO4. The number of rotatable bonds is 0. The van der Waals surface area contributed by atoms with Crippen molar-refractivity contribution in [2.75, 3.05) is 11.9 Å². The Morgan fingerprint density at radius 2 is 1.77 bits per heavy atom. The summed E-state index contributed by atoms with van der Waals surface area (Å²) in [4.78, 5) is 27.2. The average molecular weight is 399 g/mol. The van der Waals surface area contributed by atoms with Crippen LogP contribution in [0.2, 0.25) is 0 Å². The third-order valence-electron chi connectivity index (χ3n) is 6.91. The van der Waals surface area contributed by atoms with Crippen LogP contribution >= 0.6 is 0 Å². The molecule has 3 aromatic rings. The van der Waals surface area contributed by atoms with Crippen LogP contribution in [0, 0.1) is 6.92 Å². The lowest BCUT2D eigenvalue weighted by atomic mass is 9.75. The van der Waals surface area contributed by atoms with Gasteiger partial charge in [-0.25, -0.2) is 0 Å². The van der Waals surface area contributed by atoms with Crippen LogP contribution in [-0.2, 0) is 4.74 Å². The fraction of sp³-hybridized carbons (Fsp3) is 0.280. The molecule has 0 aromatic heterocycles. The number of anilines is 1. The van der Waals surface area contributed by atoms with E-state index in [4.69, 9.17) is 4.74 Å². The summed E-state index contributed by atoms with van der Waals surface area (Å²) in [6, 6.07) is 13.2. The third-order valence-corrected chi connectivity index (χ3v) is 6.91. The Morgan fingerprint density at radius 3 is 2.60 bits per heavy atom. The highest BCUT2D eigenvalue weighted by Gasteiger charge is 2.47. The number of hydrogen-bond donors (Lipinski definition) is 2. The van der Waals surface area contributed by atoms with E-state index in [1.807, 2.05) is 44.2 Å². The zero-order valence-electron chi connectivity index (χ0n) is 16.8. The number of fused-ring (bicyclic) bond motifs is 9. The van der Waals surface area contributed by atoms with Crippen molar-refractivity contribution in [3.63, 3.8) is 0 Å². The fourth-order valence-corrected chi connectivity index (χ4v) is 5.19. The van der Waals surface area contributed by atoms with E-state index in [-0.39, 0.29) is 24.3 Å². The summed E-state index contributed by atoms with van der Waals surface area (Å²) in [5.41, 5.74) is 3.71. The van der Waals surface area contributed by atoms with Crippen LogP contribution in [0.3, 0.4) is 0 Å². The zero-order valence-corrected chi connectivity index (χ0v) is 16.8. The van der Waals surface area contributed by atoms with Gasteiger partial charge in [-0.15, -0.1) is 0 Å². The zero-order chi connectivity index (χ0) is 20.8. The maximum atomic E-state index is 13.6. The molecule has 30 heavy (non-hydrogen) atoms. The Kier molecular flexibility index (Phi) is 3.43. The molecule has 150 valence electrons. The Morgan fingerprint density at radius 1 is 1.03 bits per heavy atom. The van der Waals surface area contributed by atoms with Gasteiger partial charge in [-0.1, -0.05) is 35.9 Å². The topological polar surface area (TPSA) is 75.6 Å². The van der Waals surface area contributed by atoms with Crippen molar-refractivity contribution in [2.45, 2.75) is 38.0 Å². The molecule has 2 bridgehead atoms. The van der Waals surface area contributed by atoms with Crippen molar-refractivity contribution in [3.05, 3.63) is 75.8 Å². The third kappa shape index (κ3) is 2.19. The molecule has 5 nitrogen and oxygen atoms in total. The molecule has 3 atom stereocenters. The maximum absolute atomic E-state index is 13.6. The summed E-state index contributed by atoms with van der Waals surface area (Å²) >= 11 is 0. The van der Waals surface area contributed by atoms with Crippen molar-refractivity contribution in [1.29, 1.82) is 0 Å². The number of benzene rings is 3. The van der Waals surface area contributed by atoms with Gasteiger partial charge in [-0.05, 0) is 36.8 Å². The van der Waals surface area contributed by atoms with E-state index in [0.717, 1.165) is 21.9 Å². The summed E-state index contributed by atoms with van der Waals surface area (Å²) < 4.78 is 5.86. The van der Waals surface area contributed by atoms with E-state index in [1.165, 1.54) is 0 Å². The number of carbonyl (C=O) groups is 2. The summed E-state index contributed by atoms with van der Waals surface area (Å²) in [7, 11) is 0. The molecule has 3 aliphatic rings. The number of aliphatic hydroxyl groups excluding tert-OH is 1. The van der Waals surface area contributed by atoms with Gasteiger partial charge in [-0.2, -0.15) is 0 Å². The van der Waals surface area contributed by atoms with Gasteiger partial charge in [-0.3, -0.25) is 9.59 Å². The first-order valence-electron chi connectivity index (χ1n) is 10.2. The minimum absolute atomic E-state index is 0.138. The Hall–Kier alpha value is -3.02. The van der Waals surface area contributed by atoms with E-state index in [1.54, 1.807) is 12.1 Å². The van der Waals surface area contributed by atoms with E-state index >= 15 is 0 Å². The van der Waals surface area contributed by atoms with Gasteiger partial charge in [0.1, 0.15) is 6.10 Å². The monoisotopic (exact) mass is 399 g/mol. The molecule has 3 unspecified atom stereocenters. The van der Waals surface area contributed by atoms with Crippen LogP contribution in [-0.4, -0.2) is 34.9 Å². The van der Waals surface area contributed by atoms with E-state index in [9.17, 15) is 14.7 Å². The van der Waals surface area contributed by atoms with Crippen LogP contribution in [0.15, 0.2) is 42.5 Å². The predicted octanol–water partition coefficient (Wildman–Crippen LogP) is 3.93. The van der Waals surface area contributed by atoms with Crippen molar-refractivity contribution in [2.24, 2.45) is 0 Å². The summed E-state index contributed by atoms with van der Waals surface area (Å²) in [6.07, 6.45) is -0.279. The largest absolute Gasteiger partial charge is 0.388 e. The second-order valence-electron chi connectivity index (χ2n) is 8.91. The van der Waals surface area contributed by atoms with Gasteiger partial charge >= 0.3 is 0 Å². The van der Waals surface area contributed by atoms with Gasteiger partial charge < -0.3 is 15.2 Å². The van der Waals surface area contributed by atoms with Crippen molar-refractivity contribution < 1.29 is 19.4 Å². The smallest absolute Gasteiger partial charge is 0.196 e. The minimum atomic E-state index is -0.688. The first-order valence-corrected chi connectivity index (χ1v) is 10.2. The molecule has 5 heteroatoms. The highest BCUT2D eigenvalue weighted by molar-refractivity contribution is 6.33. The lowest BCUT2D eigenvalue weighted by Crippen LogP contribution is -2.56.